The summed E-state index contributed by atoms with van der Waals surface area (Å²) in [5.74, 6) is 1.08. The van der Waals surface area contributed by atoms with Gasteiger partial charge in [-0.05, 0) is 30.3 Å². The highest BCUT2D eigenvalue weighted by atomic mass is 16.5. The molecule has 0 aliphatic heterocycles. The molecule has 0 spiro atoms. The molecule has 21 heavy (non-hydrogen) atoms. The Bertz CT molecular complexity index is 770. The smallest absolute Gasteiger partial charge is 0.169 e. The molecular weight excluding hydrogens is 268 g/mol. The Balaban J connectivity index is 2.41. The molecule has 0 bridgehead atoms. The van der Waals surface area contributed by atoms with E-state index in [1.54, 1.807) is 30.3 Å². The van der Waals surface area contributed by atoms with Crippen LogP contribution in [0.15, 0.2) is 36.4 Å². The fourth-order valence-corrected chi connectivity index (χ4v) is 1.74. The third kappa shape index (κ3) is 2.99. The van der Waals surface area contributed by atoms with Gasteiger partial charge in [-0.25, -0.2) is 0 Å². The SMILES string of the molecule is COc1cc(C#N)ccc1Oc1ccc(C=O)cc1C#N. The van der Waals surface area contributed by atoms with Crippen molar-refractivity contribution in [2.75, 3.05) is 7.11 Å². The summed E-state index contributed by atoms with van der Waals surface area (Å²) in [5, 5.41) is 18.0. The Morgan fingerprint density at radius 1 is 1.00 bits per heavy atom. The van der Waals surface area contributed by atoms with Gasteiger partial charge >= 0.3 is 0 Å². The minimum absolute atomic E-state index is 0.242. The quantitative estimate of drug-likeness (QED) is 0.802. The molecule has 2 rings (SSSR count). The van der Waals surface area contributed by atoms with Gasteiger partial charge < -0.3 is 9.47 Å². The Morgan fingerprint density at radius 3 is 2.38 bits per heavy atom. The van der Waals surface area contributed by atoms with Gasteiger partial charge in [0.25, 0.3) is 0 Å². The molecule has 2 aromatic carbocycles. The van der Waals surface area contributed by atoms with E-state index in [9.17, 15) is 4.79 Å². The molecule has 0 aromatic heterocycles. The van der Waals surface area contributed by atoms with Gasteiger partial charge in [-0.2, -0.15) is 10.5 Å². The lowest BCUT2D eigenvalue weighted by Crippen LogP contribution is -1.94. The molecule has 0 fully saturated rings. The summed E-state index contributed by atoms with van der Waals surface area (Å²) >= 11 is 0. The van der Waals surface area contributed by atoms with Crippen LogP contribution in [0.3, 0.4) is 0 Å². The van der Waals surface area contributed by atoms with Crippen LogP contribution in [-0.4, -0.2) is 13.4 Å². The normalized spacial score (nSPS) is 9.29. The average molecular weight is 278 g/mol. The molecule has 0 N–H and O–H groups in total. The lowest BCUT2D eigenvalue weighted by Gasteiger charge is -2.11. The zero-order valence-corrected chi connectivity index (χ0v) is 11.2. The maximum absolute atomic E-state index is 10.7. The molecule has 102 valence electrons. The van der Waals surface area contributed by atoms with Gasteiger partial charge in [0.15, 0.2) is 11.5 Å². The fraction of sp³-hybridized carbons (Fsp3) is 0.0625. The summed E-state index contributed by atoms with van der Waals surface area (Å²) in [6, 6.07) is 13.2. The number of benzene rings is 2. The standard InChI is InChI=1S/C16H10N2O3/c1-20-16-7-11(8-17)2-5-15(16)21-14-4-3-12(10-19)6-13(14)9-18/h2-7,10H,1H3. The van der Waals surface area contributed by atoms with Crippen LogP contribution in [0.1, 0.15) is 21.5 Å². The predicted octanol–water partition coefficient (Wildman–Crippen LogP) is 3.04. The molecule has 0 radical (unpaired) electrons. The average Bonchev–Trinajstić information content (AvgIpc) is 2.55. The van der Waals surface area contributed by atoms with Crippen molar-refractivity contribution in [3.05, 3.63) is 53.1 Å². The van der Waals surface area contributed by atoms with Crippen molar-refractivity contribution in [1.29, 1.82) is 10.5 Å². The molecule has 0 aliphatic rings. The summed E-state index contributed by atoms with van der Waals surface area (Å²) in [4.78, 5) is 10.7. The van der Waals surface area contributed by atoms with E-state index in [1.807, 2.05) is 12.1 Å². The highest BCUT2D eigenvalue weighted by Crippen LogP contribution is 2.33. The molecule has 0 saturated heterocycles. The van der Waals surface area contributed by atoms with E-state index in [1.165, 1.54) is 13.2 Å². The second kappa shape index (κ2) is 6.23. The maximum Gasteiger partial charge on any atom is 0.169 e. The first-order valence-electron chi connectivity index (χ1n) is 5.97. The Labute approximate surface area is 121 Å². The van der Waals surface area contributed by atoms with Gasteiger partial charge in [0.1, 0.15) is 18.1 Å². The number of rotatable bonds is 4. The lowest BCUT2D eigenvalue weighted by atomic mass is 10.1. The number of hydrogen-bond donors (Lipinski definition) is 0. The van der Waals surface area contributed by atoms with E-state index < -0.39 is 0 Å². The number of nitrogens with zero attached hydrogens (tertiary/aromatic N) is 2. The fourth-order valence-electron chi connectivity index (χ4n) is 1.74. The van der Waals surface area contributed by atoms with E-state index in [0.29, 0.717) is 34.7 Å². The molecule has 0 unspecified atom stereocenters. The van der Waals surface area contributed by atoms with Crippen LogP contribution >= 0.6 is 0 Å². The third-order valence-corrected chi connectivity index (χ3v) is 2.77. The zero-order chi connectivity index (χ0) is 15.2. The van der Waals surface area contributed by atoms with Crippen LogP contribution in [0.4, 0.5) is 0 Å². The van der Waals surface area contributed by atoms with Crippen molar-refractivity contribution in [3.8, 4) is 29.4 Å². The Hall–Kier alpha value is -3.31. The molecule has 5 nitrogen and oxygen atoms in total. The van der Waals surface area contributed by atoms with Gasteiger partial charge in [0.05, 0.1) is 24.3 Å². The first-order valence-corrected chi connectivity index (χ1v) is 5.97. The first-order chi connectivity index (χ1) is 10.2. The molecule has 0 saturated carbocycles. The molecule has 0 aliphatic carbocycles. The number of hydrogen-bond acceptors (Lipinski definition) is 5. The minimum atomic E-state index is 0.242. The molecule has 0 heterocycles. The molecule has 5 heteroatoms. The van der Waals surface area contributed by atoms with Crippen LogP contribution in [0, 0.1) is 22.7 Å². The van der Waals surface area contributed by atoms with E-state index in [-0.39, 0.29) is 5.56 Å². The first kappa shape index (κ1) is 14.1. The van der Waals surface area contributed by atoms with Crippen molar-refractivity contribution >= 4 is 6.29 Å². The van der Waals surface area contributed by atoms with Crippen molar-refractivity contribution in [2.24, 2.45) is 0 Å². The minimum Gasteiger partial charge on any atom is -0.493 e. The highest BCUT2D eigenvalue weighted by Gasteiger charge is 2.10. The maximum atomic E-state index is 10.7. The van der Waals surface area contributed by atoms with Crippen molar-refractivity contribution in [2.45, 2.75) is 0 Å². The number of methoxy groups -OCH3 is 1. The molecule has 0 amide bonds. The second-order valence-corrected chi connectivity index (χ2v) is 4.06. The van der Waals surface area contributed by atoms with E-state index in [4.69, 9.17) is 20.0 Å². The van der Waals surface area contributed by atoms with Gasteiger partial charge in [0, 0.05) is 11.6 Å². The van der Waals surface area contributed by atoms with Crippen molar-refractivity contribution < 1.29 is 14.3 Å². The van der Waals surface area contributed by atoms with E-state index in [0.717, 1.165) is 0 Å². The summed E-state index contributed by atoms with van der Waals surface area (Å²) in [6.45, 7) is 0. The molecule has 2 aromatic rings. The van der Waals surface area contributed by atoms with Crippen LogP contribution in [0.5, 0.6) is 17.2 Å². The topological polar surface area (TPSA) is 83.1 Å². The van der Waals surface area contributed by atoms with Gasteiger partial charge in [-0.3, -0.25) is 4.79 Å². The van der Waals surface area contributed by atoms with Gasteiger partial charge in [0.2, 0.25) is 0 Å². The van der Waals surface area contributed by atoms with E-state index >= 15 is 0 Å². The number of aldehydes is 1. The molecular formula is C16H10N2O3. The third-order valence-electron chi connectivity index (χ3n) is 2.77. The van der Waals surface area contributed by atoms with Crippen LogP contribution in [0.25, 0.3) is 0 Å². The number of carbonyl (C=O) groups is 1. The number of nitriles is 2. The Morgan fingerprint density at radius 2 is 1.76 bits per heavy atom. The second-order valence-electron chi connectivity index (χ2n) is 4.06. The highest BCUT2D eigenvalue weighted by molar-refractivity contribution is 5.76. The Kier molecular flexibility index (Phi) is 4.18. The summed E-state index contributed by atoms with van der Waals surface area (Å²) in [7, 11) is 1.46. The monoisotopic (exact) mass is 278 g/mol. The zero-order valence-electron chi connectivity index (χ0n) is 11.2. The number of ether oxygens (including phenoxy) is 2. The van der Waals surface area contributed by atoms with Gasteiger partial charge in [-0.1, -0.05) is 0 Å². The summed E-state index contributed by atoms with van der Waals surface area (Å²) < 4.78 is 10.8. The number of carbonyl (C=O) groups excluding carboxylic acids is 1. The molecule has 0 atom stereocenters. The summed E-state index contributed by atoms with van der Waals surface area (Å²) in [5.41, 5.74) is 1.08. The van der Waals surface area contributed by atoms with E-state index in [2.05, 4.69) is 0 Å². The van der Waals surface area contributed by atoms with Gasteiger partial charge in [-0.15, -0.1) is 0 Å². The summed E-state index contributed by atoms with van der Waals surface area (Å²) in [6.07, 6.45) is 0.660. The van der Waals surface area contributed by atoms with Crippen LogP contribution in [-0.2, 0) is 0 Å². The van der Waals surface area contributed by atoms with Crippen molar-refractivity contribution in [1.82, 2.24) is 0 Å². The largest absolute Gasteiger partial charge is 0.493 e. The van der Waals surface area contributed by atoms with Crippen molar-refractivity contribution in [3.63, 3.8) is 0 Å². The lowest BCUT2D eigenvalue weighted by molar-refractivity contribution is 0.112. The van der Waals surface area contributed by atoms with Crippen LogP contribution in [0.2, 0.25) is 0 Å². The predicted molar refractivity (Wildman–Crippen MR) is 74.3 cm³/mol. The van der Waals surface area contributed by atoms with Crippen LogP contribution < -0.4 is 9.47 Å².